The van der Waals surface area contributed by atoms with Crippen molar-refractivity contribution < 1.29 is 28.7 Å². The van der Waals surface area contributed by atoms with Crippen molar-refractivity contribution >= 4 is 28.8 Å². The maximum atomic E-state index is 13.1. The molecule has 0 spiro atoms. The summed E-state index contributed by atoms with van der Waals surface area (Å²) in [7, 11) is 1.48. The van der Waals surface area contributed by atoms with Crippen LogP contribution in [-0.2, 0) is 14.3 Å². The van der Waals surface area contributed by atoms with Gasteiger partial charge in [-0.15, -0.1) is 0 Å². The summed E-state index contributed by atoms with van der Waals surface area (Å²) in [5.41, 5.74) is 0.979. The van der Waals surface area contributed by atoms with E-state index in [1.54, 1.807) is 18.2 Å². The summed E-state index contributed by atoms with van der Waals surface area (Å²) in [6.07, 6.45) is 0. The van der Waals surface area contributed by atoms with Gasteiger partial charge in [-0.1, -0.05) is 0 Å². The van der Waals surface area contributed by atoms with Gasteiger partial charge in [-0.2, -0.15) is 0 Å². The standard InChI is InChI=1S/C23H25N3O7/c1-4-32-18-11-8-16(14-19(18)33-5-2)24-21-20(15-6-9-17(10-7-15)26(29)30)22(27)25(23(21)28)12-13-31-3/h6-11,14,24H,4-5,12-13H2,1-3H3. The normalized spacial score (nSPS) is 13.5. The second-order valence-electron chi connectivity index (χ2n) is 6.96. The van der Waals surface area contributed by atoms with E-state index in [-0.39, 0.29) is 30.1 Å². The summed E-state index contributed by atoms with van der Waals surface area (Å²) in [4.78, 5) is 37.8. The number of methoxy groups -OCH3 is 1. The molecule has 1 aliphatic heterocycles. The minimum absolute atomic E-state index is 0.0663. The van der Waals surface area contributed by atoms with Crippen molar-refractivity contribution in [3.8, 4) is 11.5 Å². The Bertz CT molecular complexity index is 1080. The number of non-ortho nitro benzene ring substituents is 1. The number of hydrogen-bond acceptors (Lipinski definition) is 8. The van der Waals surface area contributed by atoms with E-state index in [9.17, 15) is 19.7 Å². The van der Waals surface area contributed by atoms with Crippen molar-refractivity contribution in [2.24, 2.45) is 0 Å². The molecule has 0 saturated heterocycles. The van der Waals surface area contributed by atoms with Crippen LogP contribution in [-0.4, -0.2) is 55.1 Å². The predicted molar refractivity (Wildman–Crippen MR) is 121 cm³/mol. The Morgan fingerprint density at radius 2 is 1.64 bits per heavy atom. The SMILES string of the molecule is CCOc1ccc(NC2=C(c3ccc([N+](=O)[O-])cc3)C(=O)N(CCOC)C2=O)cc1OCC. The van der Waals surface area contributed by atoms with Crippen LogP contribution in [0.4, 0.5) is 11.4 Å². The molecule has 0 saturated carbocycles. The van der Waals surface area contributed by atoms with Gasteiger partial charge in [0, 0.05) is 31.0 Å². The largest absolute Gasteiger partial charge is 0.490 e. The van der Waals surface area contributed by atoms with Crippen molar-refractivity contribution in [3.63, 3.8) is 0 Å². The summed E-state index contributed by atoms with van der Waals surface area (Å²) in [6, 6.07) is 10.6. The van der Waals surface area contributed by atoms with E-state index in [0.717, 1.165) is 4.90 Å². The monoisotopic (exact) mass is 455 g/mol. The van der Waals surface area contributed by atoms with Crippen LogP contribution in [0, 0.1) is 10.1 Å². The molecule has 0 atom stereocenters. The molecule has 3 rings (SSSR count). The number of nitrogens with zero attached hydrogens (tertiary/aromatic N) is 2. The van der Waals surface area contributed by atoms with Crippen LogP contribution >= 0.6 is 0 Å². The molecule has 174 valence electrons. The fraction of sp³-hybridized carbons (Fsp3) is 0.304. The number of nitro groups is 1. The highest BCUT2D eigenvalue weighted by Gasteiger charge is 2.39. The van der Waals surface area contributed by atoms with E-state index < -0.39 is 16.7 Å². The van der Waals surface area contributed by atoms with Gasteiger partial charge in [0.2, 0.25) is 0 Å². The van der Waals surface area contributed by atoms with Crippen LogP contribution in [0.15, 0.2) is 48.2 Å². The van der Waals surface area contributed by atoms with Crippen molar-refractivity contribution in [1.82, 2.24) is 4.90 Å². The molecule has 1 N–H and O–H groups in total. The zero-order valence-electron chi connectivity index (χ0n) is 18.6. The highest BCUT2D eigenvalue weighted by molar-refractivity contribution is 6.36. The van der Waals surface area contributed by atoms with Gasteiger partial charge < -0.3 is 19.5 Å². The maximum absolute atomic E-state index is 13.1. The smallest absolute Gasteiger partial charge is 0.278 e. The second-order valence-corrected chi connectivity index (χ2v) is 6.96. The molecule has 0 fully saturated rings. The summed E-state index contributed by atoms with van der Waals surface area (Å²) in [5, 5.41) is 14.0. The van der Waals surface area contributed by atoms with E-state index in [1.165, 1.54) is 31.4 Å². The number of nitrogens with one attached hydrogen (secondary N) is 1. The van der Waals surface area contributed by atoms with Gasteiger partial charge in [-0.3, -0.25) is 24.6 Å². The van der Waals surface area contributed by atoms with Crippen LogP contribution in [0.2, 0.25) is 0 Å². The molecule has 1 aliphatic rings. The minimum atomic E-state index is -0.529. The first-order valence-corrected chi connectivity index (χ1v) is 10.4. The fourth-order valence-corrected chi connectivity index (χ4v) is 3.37. The Labute approximate surface area is 190 Å². The molecule has 2 aromatic rings. The Balaban J connectivity index is 2.03. The lowest BCUT2D eigenvalue weighted by Crippen LogP contribution is -2.35. The first kappa shape index (κ1) is 23.7. The molecule has 2 aromatic carbocycles. The second kappa shape index (κ2) is 10.6. The van der Waals surface area contributed by atoms with E-state index >= 15 is 0 Å². The maximum Gasteiger partial charge on any atom is 0.278 e. The van der Waals surface area contributed by atoms with Crippen molar-refractivity contribution in [2.75, 3.05) is 38.8 Å². The summed E-state index contributed by atoms with van der Waals surface area (Å²) < 4.78 is 16.2. The van der Waals surface area contributed by atoms with Gasteiger partial charge in [-0.05, 0) is 43.7 Å². The lowest BCUT2D eigenvalue weighted by Gasteiger charge is -2.15. The molecule has 10 nitrogen and oxygen atoms in total. The first-order chi connectivity index (χ1) is 15.9. The number of imide groups is 1. The average Bonchev–Trinajstić information content (AvgIpc) is 3.03. The van der Waals surface area contributed by atoms with E-state index in [2.05, 4.69) is 5.32 Å². The summed E-state index contributed by atoms with van der Waals surface area (Å²) >= 11 is 0. The number of amides is 2. The number of nitro benzene ring substituents is 1. The Hall–Kier alpha value is -3.92. The van der Waals surface area contributed by atoms with Crippen LogP contribution in [0.3, 0.4) is 0 Å². The van der Waals surface area contributed by atoms with Gasteiger partial charge in [0.15, 0.2) is 11.5 Å². The number of hydrogen-bond donors (Lipinski definition) is 1. The molecule has 33 heavy (non-hydrogen) atoms. The third kappa shape index (κ3) is 5.12. The van der Waals surface area contributed by atoms with Crippen molar-refractivity contribution in [3.05, 3.63) is 63.8 Å². The average molecular weight is 455 g/mol. The minimum Gasteiger partial charge on any atom is -0.490 e. The van der Waals surface area contributed by atoms with Gasteiger partial charge in [-0.25, -0.2) is 0 Å². The van der Waals surface area contributed by atoms with E-state index in [4.69, 9.17) is 14.2 Å². The summed E-state index contributed by atoms with van der Waals surface area (Å²) in [6.45, 7) is 4.84. The fourth-order valence-electron chi connectivity index (χ4n) is 3.37. The zero-order chi connectivity index (χ0) is 24.0. The van der Waals surface area contributed by atoms with Gasteiger partial charge in [0.25, 0.3) is 17.5 Å². The summed E-state index contributed by atoms with van der Waals surface area (Å²) in [5.74, 6) is 0.0292. The van der Waals surface area contributed by atoms with E-state index in [1.807, 2.05) is 13.8 Å². The molecular formula is C23H25N3O7. The number of carbonyl (C=O) groups is 2. The Morgan fingerprint density at radius 1 is 0.970 bits per heavy atom. The number of ether oxygens (including phenoxy) is 3. The molecule has 0 aliphatic carbocycles. The third-order valence-corrected chi connectivity index (χ3v) is 4.87. The first-order valence-electron chi connectivity index (χ1n) is 10.4. The number of benzene rings is 2. The molecule has 0 radical (unpaired) electrons. The molecule has 2 amide bonds. The van der Waals surface area contributed by atoms with Crippen molar-refractivity contribution in [2.45, 2.75) is 13.8 Å². The molecule has 0 unspecified atom stereocenters. The zero-order valence-corrected chi connectivity index (χ0v) is 18.6. The quantitative estimate of drug-likeness (QED) is 0.312. The van der Waals surface area contributed by atoms with Gasteiger partial charge in [0.1, 0.15) is 5.70 Å². The molecule has 1 heterocycles. The Kier molecular flexibility index (Phi) is 7.62. The van der Waals surface area contributed by atoms with Gasteiger partial charge in [0.05, 0.1) is 36.9 Å². The van der Waals surface area contributed by atoms with Crippen molar-refractivity contribution in [1.29, 1.82) is 0 Å². The van der Waals surface area contributed by atoms with Crippen LogP contribution < -0.4 is 14.8 Å². The van der Waals surface area contributed by atoms with E-state index in [0.29, 0.717) is 36.0 Å². The highest BCUT2D eigenvalue weighted by atomic mass is 16.6. The van der Waals surface area contributed by atoms with Crippen LogP contribution in [0.25, 0.3) is 5.57 Å². The highest BCUT2D eigenvalue weighted by Crippen LogP contribution is 2.34. The number of rotatable bonds is 11. The number of carbonyl (C=O) groups excluding carboxylic acids is 2. The lowest BCUT2D eigenvalue weighted by atomic mass is 10.0. The van der Waals surface area contributed by atoms with Crippen LogP contribution in [0.1, 0.15) is 19.4 Å². The lowest BCUT2D eigenvalue weighted by molar-refractivity contribution is -0.384. The van der Waals surface area contributed by atoms with Crippen LogP contribution in [0.5, 0.6) is 11.5 Å². The third-order valence-electron chi connectivity index (χ3n) is 4.87. The molecular weight excluding hydrogens is 430 g/mol. The number of anilines is 1. The predicted octanol–water partition coefficient (Wildman–Crippen LogP) is 3.23. The molecule has 0 bridgehead atoms. The molecule has 10 heteroatoms. The van der Waals surface area contributed by atoms with Gasteiger partial charge >= 0.3 is 0 Å². The Morgan fingerprint density at radius 3 is 2.24 bits per heavy atom. The molecule has 0 aromatic heterocycles. The topological polar surface area (TPSA) is 120 Å².